The van der Waals surface area contributed by atoms with Crippen LogP contribution >= 0.6 is 0 Å². The molecule has 7 heteroatoms. The van der Waals surface area contributed by atoms with Crippen molar-refractivity contribution in [3.05, 3.63) is 58.6 Å². The van der Waals surface area contributed by atoms with Crippen molar-refractivity contribution in [2.24, 2.45) is 5.84 Å². The number of non-ortho nitro benzene ring substituents is 1. The number of nitrogens with one attached hydrogen (secondary N) is 1. The number of aromatic nitrogens is 2. The smallest absolute Gasteiger partial charge is 0.270 e. The standard InChI is InChI=1S/C14H11N5O2/c15-16-14-12-7-2-1-6-11(12)13(17-18-14)9-4-3-5-10(8-9)19(20)21/h1-8H,15H2,(H,16,18). The number of anilines is 1. The minimum atomic E-state index is -0.436. The first-order valence-corrected chi connectivity index (χ1v) is 6.17. The van der Waals surface area contributed by atoms with Gasteiger partial charge in [-0.25, -0.2) is 5.84 Å². The van der Waals surface area contributed by atoms with Gasteiger partial charge in [-0.3, -0.25) is 10.1 Å². The van der Waals surface area contributed by atoms with Crippen LogP contribution in [0, 0.1) is 10.1 Å². The fourth-order valence-electron chi connectivity index (χ4n) is 2.19. The molecule has 1 aromatic heterocycles. The number of benzene rings is 2. The van der Waals surface area contributed by atoms with E-state index in [9.17, 15) is 10.1 Å². The third kappa shape index (κ3) is 2.26. The molecule has 0 aliphatic carbocycles. The van der Waals surface area contributed by atoms with Crippen LogP contribution in [0.4, 0.5) is 11.5 Å². The van der Waals surface area contributed by atoms with Crippen molar-refractivity contribution in [3.63, 3.8) is 0 Å². The average molecular weight is 281 g/mol. The monoisotopic (exact) mass is 281 g/mol. The van der Waals surface area contributed by atoms with Crippen LogP contribution < -0.4 is 11.3 Å². The van der Waals surface area contributed by atoms with Gasteiger partial charge in [-0.15, -0.1) is 10.2 Å². The summed E-state index contributed by atoms with van der Waals surface area (Å²) in [7, 11) is 0. The van der Waals surface area contributed by atoms with Crippen LogP contribution in [0.1, 0.15) is 0 Å². The minimum absolute atomic E-state index is 0.0133. The maximum atomic E-state index is 10.9. The molecule has 0 bridgehead atoms. The zero-order chi connectivity index (χ0) is 14.8. The van der Waals surface area contributed by atoms with Crippen LogP contribution in [-0.4, -0.2) is 15.1 Å². The molecule has 1 heterocycles. The fourth-order valence-corrected chi connectivity index (χ4v) is 2.19. The van der Waals surface area contributed by atoms with E-state index in [1.165, 1.54) is 12.1 Å². The largest absolute Gasteiger partial charge is 0.306 e. The van der Waals surface area contributed by atoms with Gasteiger partial charge in [0.2, 0.25) is 0 Å². The van der Waals surface area contributed by atoms with Crippen molar-refractivity contribution >= 4 is 22.3 Å². The van der Waals surface area contributed by atoms with Crippen LogP contribution in [0.2, 0.25) is 0 Å². The Morgan fingerprint density at radius 1 is 1.05 bits per heavy atom. The number of nitrogens with zero attached hydrogens (tertiary/aromatic N) is 3. The van der Waals surface area contributed by atoms with Crippen molar-refractivity contribution in [1.82, 2.24) is 10.2 Å². The van der Waals surface area contributed by atoms with Crippen LogP contribution in [0.25, 0.3) is 22.0 Å². The Bertz CT molecular complexity index is 834. The summed E-state index contributed by atoms with van der Waals surface area (Å²) >= 11 is 0. The Kier molecular flexibility index (Phi) is 3.17. The van der Waals surface area contributed by atoms with Gasteiger partial charge >= 0.3 is 0 Å². The number of nitro benzene ring substituents is 1. The molecule has 3 aromatic rings. The van der Waals surface area contributed by atoms with E-state index in [0.717, 1.165) is 10.8 Å². The first-order chi connectivity index (χ1) is 10.2. The molecule has 0 amide bonds. The van der Waals surface area contributed by atoms with E-state index in [4.69, 9.17) is 5.84 Å². The van der Waals surface area contributed by atoms with E-state index >= 15 is 0 Å². The summed E-state index contributed by atoms with van der Waals surface area (Å²) < 4.78 is 0. The second-order valence-corrected chi connectivity index (χ2v) is 4.39. The summed E-state index contributed by atoms with van der Waals surface area (Å²) in [6.45, 7) is 0. The molecule has 0 fully saturated rings. The van der Waals surface area contributed by atoms with E-state index < -0.39 is 4.92 Å². The van der Waals surface area contributed by atoms with Crippen molar-refractivity contribution in [2.45, 2.75) is 0 Å². The van der Waals surface area contributed by atoms with E-state index in [1.54, 1.807) is 12.1 Å². The quantitative estimate of drug-likeness (QED) is 0.434. The topological polar surface area (TPSA) is 107 Å². The molecule has 0 spiro atoms. The number of nitrogen functional groups attached to an aromatic ring is 1. The lowest BCUT2D eigenvalue weighted by molar-refractivity contribution is -0.384. The summed E-state index contributed by atoms with van der Waals surface area (Å²) in [6, 6.07) is 13.8. The van der Waals surface area contributed by atoms with Crippen LogP contribution in [0.15, 0.2) is 48.5 Å². The Hall–Kier alpha value is -3.06. The summed E-state index contributed by atoms with van der Waals surface area (Å²) in [5.74, 6) is 5.88. The lowest BCUT2D eigenvalue weighted by atomic mass is 10.0. The average Bonchev–Trinajstić information content (AvgIpc) is 2.54. The second-order valence-electron chi connectivity index (χ2n) is 4.39. The molecule has 0 radical (unpaired) electrons. The molecular formula is C14H11N5O2. The molecule has 0 saturated carbocycles. The molecule has 0 saturated heterocycles. The Balaban J connectivity index is 2.26. The molecular weight excluding hydrogens is 270 g/mol. The predicted molar refractivity (Wildman–Crippen MR) is 79.4 cm³/mol. The summed E-state index contributed by atoms with van der Waals surface area (Å²) in [5, 5.41) is 20.7. The lowest BCUT2D eigenvalue weighted by Gasteiger charge is -2.08. The summed E-state index contributed by atoms with van der Waals surface area (Å²) in [4.78, 5) is 10.5. The Labute approximate surface area is 119 Å². The summed E-state index contributed by atoms with van der Waals surface area (Å²) in [6.07, 6.45) is 0. The third-order valence-corrected chi connectivity index (χ3v) is 3.15. The highest BCUT2D eigenvalue weighted by Gasteiger charge is 2.13. The molecule has 104 valence electrons. The molecule has 2 aromatic carbocycles. The second kappa shape index (κ2) is 5.14. The molecule has 3 N–H and O–H groups in total. The zero-order valence-corrected chi connectivity index (χ0v) is 10.9. The van der Waals surface area contributed by atoms with Crippen molar-refractivity contribution in [1.29, 1.82) is 0 Å². The minimum Gasteiger partial charge on any atom is -0.306 e. The third-order valence-electron chi connectivity index (χ3n) is 3.15. The molecule has 21 heavy (non-hydrogen) atoms. The highest BCUT2D eigenvalue weighted by atomic mass is 16.6. The zero-order valence-electron chi connectivity index (χ0n) is 10.9. The first kappa shape index (κ1) is 12.9. The molecule has 0 aliphatic heterocycles. The van der Waals surface area contributed by atoms with E-state index in [-0.39, 0.29) is 5.69 Å². The number of hydrazine groups is 1. The highest BCUT2D eigenvalue weighted by Crippen LogP contribution is 2.30. The van der Waals surface area contributed by atoms with E-state index in [0.29, 0.717) is 17.1 Å². The number of rotatable bonds is 3. The van der Waals surface area contributed by atoms with Crippen LogP contribution in [0.3, 0.4) is 0 Å². The number of nitrogens with two attached hydrogens (primary N) is 1. The SMILES string of the molecule is NNc1nnc(-c2cccc([N+](=O)[O-])c2)c2ccccc12. The molecule has 7 nitrogen and oxygen atoms in total. The van der Waals surface area contributed by atoms with Gasteiger partial charge in [-0.05, 0) is 0 Å². The van der Waals surface area contributed by atoms with Gasteiger partial charge in [0.25, 0.3) is 5.69 Å². The van der Waals surface area contributed by atoms with Crippen molar-refractivity contribution in [2.75, 3.05) is 5.43 Å². The van der Waals surface area contributed by atoms with Gasteiger partial charge in [0.05, 0.1) is 4.92 Å². The van der Waals surface area contributed by atoms with Gasteiger partial charge in [0.1, 0.15) is 5.69 Å². The maximum Gasteiger partial charge on any atom is 0.270 e. The van der Waals surface area contributed by atoms with E-state index in [1.807, 2.05) is 24.3 Å². The molecule has 0 unspecified atom stereocenters. The maximum absolute atomic E-state index is 10.9. The number of fused-ring (bicyclic) bond motifs is 1. The number of hydrogen-bond acceptors (Lipinski definition) is 6. The van der Waals surface area contributed by atoms with Gasteiger partial charge in [-0.1, -0.05) is 36.4 Å². The van der Waals surface area contributed by atoms with Gasteiger partial charge in [0.15, 0.2) is 5.82 Å². The highest BCUT2D eigenvalue weighted by molar-refractivity contribution is 6.00. The first-order valence-electron chi connectivity index (χ1n) is 6.17. The van der Waals surface area contributed by atoms with Crippen LogP contribution in [0.5, 0.6) is 0 Å². The van der Waals surface area contributed by atoms with E-state index in [2.05, 4.69) is 15.6 Å². The van der Waals surface area contributed by atoms with Crippen LogP contribution in [-0.2, 0) is 0 Å². The number of hydrogen-bond donors (Lipinski definition) is 2. The molecule has 0 atom stereocenters. The van der Waals surface area contributed by atoms with Crippen molar-refractivity contribution < 1.29 is 4.92 Å². The number of nitro groups is 1. The van der Waals surface area contributed by atoms with Gasteiger partial charge in [-0.2, -0.15) is 0 Å². The fraction of sp³-hybridized carbons (Fsp3) is 0. The molecule has 0 aliphatic rings. The predicted octanol–water partition coefficient (Wildman–Crippen LogP) is 2.49. The van der Waals surface area contributed by atoms with Gasteiger partial charge < -0.3 is 5.43 Å². The summed E-state index contributed by atoms with van der Waals surface area (Å²) in [5.41, 5.74) is 3.72. The van der Waals surface area contributed by atoms with Crippen molar-refractivity contribution in [3.8, 4) is 11.3 Å². The molecule has 3 rings (SSSR count). The van der Waals surface area contributed by atoms with Gasteiger partial charge in [0, 0.05) is 28.5 Å². The Morgan fingerprint density at radius 3 is 2.52 bits per heavy atom. The Morgan fingerprint density at radius 2 is 1.81 bits per heavy atom. The lowest BCUT2D eigenvalue weighted by Crippen LogP contribution is -2.10. The normalized spacial score (nSPS) is 10.5.